The fourth-order valence-corrected chi connectivity index (χ4v) is 3.89. The summed E-state index contributed by atoms with van der Waals surface area (Å²) in [7, 11) is 0. The number of hydrogen-bond donors (Lipinski definition) is 0. The smallest absolute Gasteiger partial charge is 0.198 e. The van der Waals surface area contributed by atoms with Crippen LogP contribution in [0.3, 0.4) is 0 Å². The molecule has 1 saturated carbocycles. The molecule has 1 heterocycles. The molecule has 1 aliphatic rings. The van der Waals surface area contributed by atoms with Gasteiger partial charge in [-0.05, 0) is 42.7 Å². The third-order valence-electron chi connectivity index (χ3n) is 3.83. The zero-order valence-electron chi connectivity index (χ0n) is 12.8. The van der Waals surface area contributed by atoms with E-state index in [9.17, 15) is 4.79 Å². The van der Waals surface area contributed by atoms with E-state index in [0.717, 1.165) is 30.6 Å². The second kappa shape index (κ2) is 7.29. The van der Waals surface area contributed by atoms with Gasteiger partial charge in [-0.2, -0.15) is 11.8 Å². The summed E-state index contributed by atoms with van der Waals surface area (Å²) < 4.78 is 5.29. The first-order valence-corrected chi connectivity index (χ1v) is 9.58. The Bertz CT molecular complexity index is 725. The van der Waals surface area contributed by atoms with Crippen molar-refractivity contribution in [1.82, 2.24) is 5.16 Å². The topological polar surface area (TPSA) is 43.1 Å². The van der Waals surface area contributed by atoms with Gasteiger partial charge in [-0.1, -0.05) is 35.3 Å². The average Bonchev–Trinajstić information content (AvgIpc) is 3.28. The van der Waals surface area contributed by atoms with Crippen molar-refractivity contribution in [3.8, 4) is 0 Å². The first-order valence-electron chi connectivity index (χ1n) is 7.67. The van der Waals surface area contributed by atoms with Gasteiger partial charge in [0.05, 0.1) is 21.8 Å². The number of rotatable bonds is 7. The summed E-state index contributed by atoms with van der Waals surface area (Å²) in [5, 5.41) is 4.75. The van der Waals surface area contributed by atoms with Crippen LogP contribution in [0.2, 0.25) is 10.0 Å². The minimum Gasteiger partial charge on any atom is -0.360 e. The summed E-state index contributed by atoms with van der Waals surface area (Å²) in [5.41, 5.74) is 1.94. The maximum absolute atomic E-state index is 13.0. The first-order chi connectivity index (χ1) is 11.1. The van der Waals surface area contributed by atoms with Crippen molar-refractivity contribution < 1.29 is 9.32 Å². The van der Waals surface area contributed by atoms with Crippen LogP contribution in [0.15, 0.2) is 22.9 Å². The molecule has 1 aromatic heterocycles. The lowest BCUT2D eigenvalue weighted by Crippen LogP contribution is -2.07. The Morgan fingerprint density at radius 3 is 2.83 bits per heavy atom. The number of carbonyl (C=O) groups is 1. The lowest BCUT2D eigenvalue weighted by molar-refractivity contribution is 0.103. The van der Waals surface area contributed by atoms with Crippen LogP contribution in [0.4, 0.5) is 0 Å². The van der Waals surface area contributed by atoms with E-state index in [4.69, 9.17) is 27.7 Å². The Kier molecular flexibility index (Phi) is 5.34. The van der Waals surface area contributed by atoms with Gasteiger partial charge >= 0.3 is 0 Å². The molecule has 0 N–H and O–H groups in total. The van der Waals surface area contributed by atoms with Gasteiger partial charge in [0.2, 0.25) is 0 Å². The molecule has 0 spiro atoms. The highest BCUT2D eigenvalue weighted by Crippen LogP contribution is 2.42. The number of thioether (sulfide) groups is 1. The van der Waals surface area contributed by atoms with Crippen molar-refractivity contribution in [2.75, 3.05) is 5.75 Å². The van der Waals surface area contributed by atoms with Crippen LogP contribution >= 0.6 is 35.0 Å². The monoisotopic (exact) mass is 369 g/mol. The molecule has 0 atom stereocenters. The number of aromatic nitrogens is 1. The number of ketones is 1. The van der Waals surface area contributed by atoms with Crippen molar-refractivity contribution in [3.63, 3.8) is 0 Å². The van der Waals surface area contributed by atoms with Gasteiger partial charge in [-0.3, -0.25) is 4.79 Å². The Labute approximate surface area is 149 Å². The summed E-state index contributed by atoms with van der Waals surface area (Å²) in [6, 6.07) is 3.43. The highest BCUT2D eigenvalue weighted by atomic mass is 35.5. The molecule has 0 amide bonds. The standard InChI is InChI=1S/C17H17Cl2NO2S/c1-2-7-23-9-13-11(5-6-14(18)15(13)19)16(21)12-8-20-22-17(12)10-3-4-10/h5-6,8,10H,2-4,7,9H2,1H3. The molecule has 0 bridgehead atoms. The van der Waals surface area contributed by atoms with Crippen molar-refractivity contribution in [3.05, 3.63) is 50.8 Å². The van der Waals surface area contributed by atoms with E-state index in [-0.39, 0.29) is 5.78 Å². The third kappa shape index (κ3) is 3.59. The summed E-state index contributed by atoms with van der Waals surface area (Å²) >= 11 is 14.2. The molecular formula is C17H17Cl2NO2S. The first kappa shape index (κ1) is 16.9. The Morgan fingerprint density at radius 1 is 1.35 bits per heavy atom. The Balaban J connectivity index is 1.95. The number of halogens is 2. The Hall–Kier alpha value is -0.970. The SMILES string of the molecule is CCCSCc1c(C(=O)c2cnoc2C2CC2)ccc(Cl)c1Cl. The molecule has 1 fully saturated rings. The Morgan fingerprint density at radius 2 is 2.13 bits per heavy atom. The van der Waals surface area contributed by atoms with Gasteiger partial charge < -0.3 is 4.52 Å². The average molecular weight is 370 g/mol. The summed E-state index contributed by atoms with van der Waals surface area (Å²) in [4.78, 5) is 13.0. The summed E-state index contributed by atoms with van der Waals surface area (Å²) in [5.74, 6) is 2.62. The van der Waals surface area contributed by atoms with E-state index in [0.29, 0.717) is 38.6 Å². The van der Waals surface area contributed by atoms with E-state index < -0.39 is 0 Å². The van der Waals surface area contributed by atoms with Gasteiger partial charge in [-0.15, -0.1) is 0 Å². The van der Waals surface area contributed by atoms with Crippen molar-refractivity contribution >= 4 is 40.7 Å². The number of carbonyl (C=O) groups excluding carboxylic acids is 1. The lowest BCUT2D eigenvalue weighted by atomic mass is 9.98. The minimum atomic E-state index is -0.0844. The predicted octanol–water partition coefficient (Wildman–Crippen LogP) is 5.73. The molecule has 2 aromatic rings. The van der Waals surface area contributed by atoms with E-state index in [1.54, 1.807) is 23.9 Å². The zero-order chi connectivity index (χ0) is 16.4. The molecule has 1 aromatic carbocycles. The van der Waals surface area contributed by atoms with Gasteiger partial charge in [-0.25, -0.2) is 0 Å². The lowest BCUT2D eigenvalue weighted by Gasteiger charge is -2.11. The van der Waals surface area contributed by atoms with Crippen LogP contribution in [-0.2, 0) is 5.75 Å². The van der Waals surface area contributed by atoms with E-state index in [2.05, 4.69) is 12.1 Å². The maximum atomic E-state index is 13.0. The van der Waals surface area contributed by atoms with Gasteiger partial charge in [0.25, 0.3) is 0 Å². The minimum absolute atomic E-state index is 0.0844. The van der Waals surface area contributed by atoms with E-state index in [1.165, 1.54) is 6.20 Å². The van der Waals surface area contributed by atoms with Gasteiger partial charge in [0, 0.05) is 17.2 Å². The molecule has 122 valence electrons. The predicted molar refractivity (Wildman–Crippen MR) is 94.8 cm³/mol. The summed E-state index contributed by atoms with van der Waals surface area (Å²) in [6.07, 6.45) is 4.69. The molecular weight excluding hydrogens is 353 g/mol. The quantitative estimate of drug-likeness (QED) is 0.461. The molecule has 6 heteroatoms. The molecule has 0 aliphatic heterocycles. The normalized spacial score (nSPS) is 14.2. The van der Waals surface area contributed by atoms with E-state index in [1.807, 2.05) is 0 Å². The maximum Gasteiger partial charge on any atom is 0.198 e. The van der Waals surface area contributed by atoms with Crippen LogP contribution < -0.4 is 0 Å². The molecule has 0 radical (unpaired) electrons. The second-order valence-electron chi connectivity index (χ2n) is 5.65. The van der Waals surface area contributed by atoms with Crippen LogP contribution in [-0.4, -0.2) is 16.7 Å². The molecule has 0 saturated heterocycles. The van der Waals surface area contributed by atoms with Gasteiger partial charge in [0.1, 0.15) is 0 Å². The molecule has 3 nitrogen and oxygen atoms in total. The molecule has 23 heavy (non-hydrogen) atoms. The largest absolute Gasteiger partial charge is 0.360 e. The third-order valence-corrected chi connectivity index (χ3v) is 5.86. The fourth-order valence-electron chi connectivity index (χ4n) is 2.47. The summed E-state index contributed by atoms with van der Waals surface area (Å²) in [6.45, 7) is 2.12. The van der Waals surface area contributed by atoms with Crippen LogP contribution in [0.25, 0.3) is 0 Å². The van der Waals surface area contributed by atoms with Crippen molar-refractivity contribution in [2.24, 2.45) is 0 Å². The number of hydrogen-bond acceptors (Lipinski definition) is 4. The van der Waals surface area contributed by atoms with Crippen LogP contribution in [0.5, 0.6) is 0 Å². The highest BCUT2D eigenvalue weighted by Gasteiger charge is 2.33. The van der Waals surface area contributed by atoms with Crippen molar-refractivity contribution in [1.29, 1.82) is 0 Å². The van der Waals surface area contributed by atoms with Crippen molar-refractivity contribution in [2.45, 2.75) is 37.9 Å². The molecule has 1 aliphatic carbocycles. The molecule has 3 rings (SSSR count). The van der Waals surface area contributed by atoms with E-state index >= 15 is 0 Å². The highest BCUT2D eigenvalue weighted by molar-refractivity contribution is 7.98. The zero-order valence-corrected chi connectivity index (χ0v) is 15.1. The van der Waals surface area contributed by atoms with Gasteiger partial charge in [0.15, 0.2) is 11.5 Å². The molecule has 0 unspecified atom stereocenters. The second-order valence-corrected chi connectivity index (χ2v) is 7.54. The number of nitrogens with zero attached hydrogens (tertiary/aromatic N) is 1. The fraction of sp³-hybridized carbons (Fsp3) is 0.412. The number of benzene rings is 1. The van der Waals surface area contributed by atoms with Crippen LogP contribution in [0, 0.1) is 0 Å². The van der Waals surface area contributed by atoms with Crippen LogP contribution in [0.1, 0.15) is 59.3 Å².